The number of carbonyl (C=O) groups is 1. The molecule has 0 unspecified atom stereocenters. The SMILES string of the molecule is COC(=O)c1ccc(CCn2c(CCl)c(C3CC3)cc(C)c2=O)cc1. The number of benzene rings is 1. The van der Waals surface area contributed by atoms with Gasteiger partial charge in [0.15, 0.2) is 0 Å². The molecule has 5 heteroatoms. The summed E-state index contributed by atoms with van der Waals surface area (Å²) in [6, 6.07) is 9.31. The molecule has 2 aromatic rings. The Bertz CT molecular complexity index is 835. The number of halogens is 1. The predicted octanol–water partition coefficient (Wildman–Crippen LogP) is 3.80. The van der Waals surface area contributed by atoms with Gasteiger partial charge >= 0.3 is 5.97 Å². The number of pyridine rings is 1. The Labute approximate surface area is 152 Å². The Morgan fingerprint density at radius 2 is 1.96 bits per heavy atom. The van der Waals surface area contributed by atoms with E-state index < -0.39 is 0 Å². The molecule has 1 saturated carbocycles. The van der Waals surface area contributed by atoms with E-state index in [-0.39, 0.29) is 11.5 Å². The summed E-state index contributed by atoms with van der Waals surface area (Å²) in [7, 11) is 1.37. The molecule has 0 radical (unpaired) electrons. The summed E-state index contributed by atoms with van der Waals surface area (Å²) in [5, 5.41) is 0. The summed E-state index contributed by atoms with van der Waals surface area (Å²) < 4.78 is 6.53. The summed E-state index contributed by atoms with van der Waals surface area (Å²) in [5.74, 6) is 0.557. The summed E-state index contributed by atoms with van der Waals surface area (Å²) in [5.41, 5.74) is 4.58. The van der Waals surface area contributed by atoms with E-state index in [0.29, 0.717) is 30.3 Å². The molecule has 0 bridgehead atoms. The van der Waals surface area contributed by atoms with Gasteiger partial charge in [0, 0.05) is 17.8 Å². The van der Waals surface area contributed by atoms with E-state index in [1.165, 1.54) is 25.5 Å². The molecule has 0 N–H and O–H groups in total. The molecule has 0 amide bonds. The molecule has 25 heavy (non-hydrogen) atoms. The minimum Gasteiger partial charge on any atom is -0.465 e. The van der Waals surface area contributed by atoms with Crippen molar-refractivity contribution in [1.29, 1.82) is 0 Å². The van der Waals surface area contributed by atoms with Crippen molar-refractivity contribution < 1.29 is 9.53 Å². The molecule has 0 atom stereocenters. The van der Waals surface area contributed by atoms with Crippen molar-refractivity contribution in [3.05, 3.63) is 68.6 Å². The first-order valence-electron chi connectivity index (χ1n) is 8.51. The van der Waals surface area contributed by atoms with Crippen LogP contribution in [0.5, 0.6) is 0 Å². The van der Waals surface area contributed by atoms with E-state index >= 15 is 0 Å². The van der Waals surface area contributed by atoms with Gasteiger partial charge in [-0.15, -0.1) is 11.6 Å². The molecule has 0 saturated heterocycles. The van der Waals surface area contributed by atoms with Crippen molar-refractivity contribution in [3.8, 4) is 0 Å². The van der Waals surface area contributed by atoms with E-state index in [2.05, 4.69) is 0 Å². The van der Waals surface area contributed by atoms with Crippen LogP contribution in [0.15, 0.2) is 35.1 Å². The van der Waals surface area contributed by atoms with Gasteiger partial charge in [0.1, 0.15) is 0 Å². The van der Waals surface area contributed by atoms with Crippen LogP contribution in [0.2, 0.25) is 0 Å². The lowest BCUT2D eigenvalue weighted by molar-refractivity contribution is 0.0600. The summed E-state index contributed by atoms with van der Waals surface area (Å²) in [4.78, 5) is 24.1. The number of alkyl halides is 1. The molecule has 1 aromatic carbocycles. The maximum Gasteiger partial charge on any atom is 0.337 e. The fraction of sp³-hybridized carbons (Fsp3) is 0.400. The zero-order valence-corrected chi connectivity index (χ0v) is 15.3. The van der Waals surface area contributed by atoms with Crippen LogP contribution in [0, 0.1) is 6.92 Å². The first-order chi connectivity index (χ1) is 12.0. The minimum absolute atomic E-state index is 0.0335. The largest absolute Gasteiger partial charge is 0.465 e. The van der Waals surface area contributed by atoms with Crippen molar-refractivity contribution in [3.63, 3.8) is 0 Å². The van der Waals surface area contributed by atoms with Crippen LogP contribution in [0.3, 0.4) is 0 Å². The van der Waals surface area contributed by atoms with E-state index in [1.54, 1.807) is 12.1 Å². The third-order valence-electron chi connectivity index (χ3n) is 4.76. The van der Waals surface area contributed by atoms with E-state index in [1.807, 2.05) is 29.7 Å². The van der Waals surface area contributed by atoms with Gasteiger partial charge < -0.3 is 9.30 Å². The molecular formula is C20H22ClNO3. The molecule has 1 heterocycles. The average Bonchev–Trinajstić information content (AvgIpc) is 3.47. The maximum absolute atomic E-state index is 12.6. The topological polar surface area (TPSA) is 48.3 Å². The molecule has 1 aromatic heterocycles. The molecule has 4 nitrogen and oxygen atoms in total. The van der Waals surface area contributed by atoms with Crippen molar-refractivity contribution in [2.45, 2.75) is 44.5 Å². The fourth-order valence-electron chi connectivity index (χ4n) is 3.17. The number of aryl methyl sites for hydroxylation is 2. The highest BCUT2D eigenvalue weighted by Crippen LogP contribution is 2.42. The third-order valence-corrected chi connectivity index (χ3v) is 5.01. The molecule has 0 aliphatic heterocycles. The maximum atomic E-state index is 12.6. The number of methoxy groups -OCH3 is 1. The summed E-state index contributed by atoms with van der Waals surface area (Å²) in [6.07, 6.45) is 3.06. The number of esters is 1. The number of carbonyl (C=O) groups excluding carboxylic acids is 1. The van der Waals surface area contributed by atoms with Gasteiger partial charge in [0.05, 0.1) is 18.6 Å². The number of ether oxygens (including phenoxy) is 1. The molecule has 3 rings (SSSR count). The Morgan fingerprint density at radius 3 is 2.52 bits per heavy atom. The van der Waals surface area contributed by atoms with E-state index in [0.717, 1.165) is 16.8 Å². The lowest BCUT2D eigenvalue weighted by Gasteiger charge is -2.17. The normalized spacial score (nSPS) is 13.7. The number of hydrogen-bond donors (Lipinski definition) is 0. The van der Waals surface area contributed by atoms with Crippen LogP contribution in [0.25, 0.3) is 0 Å². The zero-order valence-electron chi connectivity index (χ0n) is 14.5. The number of hydrogen-bond acceptors (Lipinski definition) is 3. The van der Waals surface area contributed by atoms with E-state index in [4.69, 9.17) is 16.3 Å². The second-order valence-corrected chi connectivity index (χ2v) is 6.80. The van der Waals surface area contributed by atoms with Crippen LogP contribution in [-0.4, -0.2) is 17.6 Å². The smallest absolute Gasteiger partial charge is 0.337 e. The van der Waals surface area contributed by atoms with Crippen molar-refractivity contribution in [2.75, 3.05) is 7.11 Å². The first-order valence-corrected chi connectivity index (χ1v) is 9.05. The van der Waals surface area contributed by atoms with Gasteiger partial charge in [-0.05, 0) is 61.4 Å². The standard InChI is InChI=1S/C20H22ClNO3/c1-13-11-17(15-7-8-15)18(12-21)22(19(13)23)10-9-14-3-5-16(6-4-14)20(24)25-2/h3-6,11,15H,7-10,12H2,1-2H3. The highest BCUT2D eigenvalue weighted by molar-refractivity contribution is 6.17. The Morgan fingerprint density at radius 1 is 1.28 bits per heavy atom. The molecule has 1 aliphatic carbocycles. The third kappa shape index (κ3) is 3.79. The Hall–Kier alpha value is -2.07. The highest BCUT2D eigenvalue weighted by Gasteiger charge is 2.28. The van der Waals surface area contributed by atoms with Gasteiger partial charge in [-0.1, -0.05) is 12.1 Å². The van der Waals surface area contributed by atoms with Gasteiger partial charge in [-0.25, -0.2) is 4.79 Å². The molecule has 1 aliphatic rings. The van der Waals surface area contributed by atoms with Gasteiger partial charge in [-0.3, -0.25) is 4.79 Å². The van der Waals surface area contributed by atoms with Crippen molar-refractivity contribution >= 4 is 17.6 Å². The zero-order chi connectivity index (χ0) is 18.0. The van der Waals surface area contributed by atoms with Crippen LogP contribution >= 0.6 is 11.6 Å². The predicted molar refractivity (Wildman–Crippen MR) is 98.5 cm³/mol. The van der Waals surface area contributed by atoms with Crippen molar-refractivity contribution in [2.24, 2.45) is 0 Å². The van der Waals surface area contributed by atoms with Gasteiger partial charge in [0.25, 0.3) is 5.56 Å². The summed E-state index contributed by atoms with van der Waals surface area (Å²) in [6.45, 7) is 2.45. The van der Waals surface area contributed by atoms with Gasteiger partial charge in [0.2, 0.25) is 0 Å². The number of rotatable bonds is 6. The second kappa shape index (κ2) is 7.44. The highest BCUT2D eigenvalue weighted by atomic mass is 35.5. The van der Waals surface area contributed by atoms with E-state index in [9.17, 15) is 9.59 Å². The lowest BCUT2D eigenvalue weighted by atomic mass is 10.1. The average molecular weight is 360 g/mol. The number of aromatic nitrogens is 1. The van der Waals surface area contributed by atoms with Gasteiger partial charge in [-0.2, -0.15) is 0 Å². The number of nitrogens with zero attached hydrogens (tertiary/aromatic N) is 1. The lowest BCUT2D eigenvalue weighted by Crippen LogP contribution is -2.27. The van der Waals surface area contributed by atoms with Crippen LogP contribution in [0.4, 0.5) is 0 Å². The van der Waals surface area contributed by atoms with Crippen LogP contribution < -0.4 is 5.56 Å². The molecule has 0 spiro atoms. The minimum atomic E-state index is -0.347. The van der Waals surface area contributed by atoms with Crippen LogP contribution in [-0.2, 0) is 23.6 Å². The first kappa shape index (κ1) is 17.7. The van der Waals surface area contributed by atoms with Crippen molar-refractivity contribution in [1.82, 2.24) is 4.57 Å². The molecular weight excluding hydrogens is 338 g/mol. The summed E-state index contributed by atoms with van der Waals surface area (Å²) >= 11 is 6.18. The molecule has 1 fully saturated rings. The Balaban J connectivity index is 1.83. The Kier molecular flexibility index (Phi) is 5.28. The quantitative estimate of drug-likeness (QED) is 0.582. The second-order valence-electron chi connectivity index (χ2n) is 6.53. The molecule has 132 valence electrons. The fourth-order valence-corrected chi connectivity index (χ4v) is 3.47. The van der Waals surface area contributed by atoms with Crippen LogP contribution in [0.1, 0.15) is 51.5 Å². The monoisotopic (exact) mass is 359 g/mol.